The van der Waals surface area contributed by atoms with Crippen molar-refractivity contribution in [3.8, 4) is 0 Å². The summed E-state index contributed by atoms with van der Waals surface area (Å²) in [7, 11) is 0. The van der Waals surface area contributed by atoms with E-state index in [-0.39, 0.29) is 11.0 Å². The molecule has 0 aliphatic heterocycles. The van der Waals surface area contributed by atoms with E-state index in [1.54, 1.807) is 0 Å². The van der Waals surface area contributed by atoms with E-state index >= 15 is 0 Å². The van der Waals surface area contributed by atoms with Crippen molar-refractivity contribution >= 4 is 29.3 Å². The van der Waals surface area contributed by atoms with Crippen molar-refractivity contribution in [2.75, 3.05) is 5.32 Å². The standard InChI is InChI=1S/C6H4ClN3O3/c7-3-1-2-4(10-9-3)8-5(11)6(12)13/h1-2H,(H,12,13)(H,8,10,11). The highest BCUT2D eigenvalue weighted by molar-refractivity contribution is 6.36. The van der Waals surface area contributed by atoms with Crippen LogP contribution in [0.4, 0.5) is 5.82 Å². The van der Waals surface area contributed by atoms with Gasteiger partial charge in [0.25, 0.3) is 0 Å². The Labute approximate surface area is 77.5 Å². The van der Waals surface area contributed by atoms with Crippen molar-refractivity contribution in [3.63, 3.8) is 0 Å². The van der Waals surface area contributed by atoms with Crippen LogP contribution in [0, 0.1) is 0 Å². The molecule has 0 aliphatic rings. The van der Waals surface area contributed by atoms with Crippen molar-refractivity contribution in [1.29, 1.82) is 0 Å². The fraction of sp³-hybridized carbons (Fsp3) is 0. The largest absolute Gasteiger partial charge is 0.474 e. The van der Waals surface area contributed by atoms with Crippen LogP contribution in [0.1, 0.15) is 0 Å². The predicted molar refractivity (Wildman–Crippen MR) is 43.3 cm³/mol. The molecular formula is C6H4ClN3O3. The lowest BCUT2D eigenvalue weighted by atomic mass is 10.5. The molecule has 0 aromatic carbocycles. The molecule has 0 spiro atoms. The minimum absolute atomic E-state index is 0.0387. The van der Waals surface area contributed by atoms with Crippen LogP contribution in [-0.4, -0.2) is 27.2 Å². The van der Waals surface area contributed by atoms with Gasteiger partial charge in [-0.05, 0) is 12.1 Å². The highest BCUT2D eigenvalue weighted by Gasteiger charge is 2.11. The molecule has 0 aliphatic carbocycles. The maximum absolute atomic E-state index is 10.6. The zero-order valence-electron chi connectivity index (χ0n) is 6.19. The van der Waals surface area contributed by atoms with Crippen LogP contribution >= 0.6 is 11.6 Å². The summed E-state index contributed by atoms with van der Waals surface area (Å²) in [6.07, 6.45) is 0. The second-order valence-electron chi connectivity index (χ2n) is 2.00. The molecule has 0 fully saturated rings. The monoisotopic (exact) mass is 201 g/mol. The Hall–Kier alpha value is -1.69. The maximum Gasteiger partial charge on any atom is 0.394 e. The third-order valence-electron chi connectivity index (χ3n) is 1.07. The molecule has 1 amide bonds. The van der Waals surface area contributed by atoms with Crippen molar-refractivity contribution < 1.29 is 14.7 Å². The van der Waals surface area contributed by atoms with Crippen LogP contribution in [0.3, 0.4) is 0 Å². The lowest BCUT2D eigenvalue weighted by molar-refractivity contribution is -0.147. The Morgan fingerprint density at radius 1 is 1.38 bits per heavy atom. The van der Waals surface area contributed by atoms with Crippen LogP contribution < -0.4 is 5.32 Å². The molecule has 1 aromatic rings. The van der Waals surface area contributed by atoms with E-state index < -0.39 is 11.9 Å². The van der Waals surface area contributed by atoms with Gasteiger partial charge in [0.15, 0.2) is 11.0 Å². The minimum atomic E-state index is -1.59. The second-order valence-corrected chi connectivity index (χ2v) is 2.39. The molecule has 68 valence electrons. The quantitative estimate of drug-likeness (QED) is 0.631. The molecule has 1 rings (SSSR count). The molecule has 2 N–H and O–H groups in total. The van der Waals surface area contributed by atoms with Gasteiger partial charge in [0.1, 0.15) is 0 Å². The fourth-order valence-corrected chi connectivity index (χ4v) is 0.653. The van der Waals surface area contributed by atoms with E-state index in [9.17, 15) is 9.59 Å². The molecule has 6 nitrogen and oxygen atoms in total. The molecule has 0 unspecified atom stereocenters. The van der Waals surface area contributed by atoms with Gasteiger partial charge in [0.2, 0.25) is 0 Å². The summed E-state index contributed by atoms with van der Waals surface area (Å²) in [4.78, 5) is 20.7. The topological polar surface area (TPSA) is 92.2 Å². The van der Waals surface area contributed by atoms with Gasteiger partial charge in [-0.15, -0.1) is 10.2 Å². The fourth-order valence-electron chi connectivity index (χ4n) is 0.552. The summed E-state index contributed by atoms with van der Waals surface area (Å²) in [6.45, 7) is 0. The SMILES string of the molecule is O=C(O)C(=O)Nc1ccc(Cl)nn1. The number of nitrogens with one attached hydrogen (secondary N) is 1. The number of anilines is 1. The van der Waals surface area contributed by atoms with Crippen LogP contribution in [0.25, 0.3) is 0 Å². The van der Waals surface area contributed by atoms with E-state index in [1.165, 1.54) is 12.1 Å². The summed E-state index contributed by atoms with van der Waals surface area (Å²) in [5.41, 5.74) is 0. The number of aliphatic carboxylic acids is 1. The average molecular weight is 202 g/mol. The molecule has 1 heterocycles. The van der Waals surface area contributed by atoms with Gasteiger partial charge in [-0.25, -0.2) is 4.79 Å². The average Bonchev–Trinajstić information content (AvgIpc) is 2.08. The molecule has 0 bridgehead atoms. The highest BCUT2D eigenvalue weighted by atomic mass is 35.5. The minimum Gasteiger partial charge on any atom is -0.474 e. The predicted octanol–water partition coefficient (Wildman–Crippen LogP) is 0.153. The number of carboxylic acids is 1. The first-order chi connectivity index (χ1) is 6.09. The van der Waals surface area contributed by atoms with Gasteiger partial charge >= 0.3 is 11.9 Å². The number of aromatic nitrogens is 2. The zero-order valence-corrected chi connectivity index (χ0v) is 6.95. The van der Waals surface area contributed by atoms with Crippen LogP contribution in [0.15, 0.2) is 12.1 Å². The van der Waals surface area contributed by atoms with E-state index in [2.05, 4.69) is 10.2 Å². The maximum atomic E-state index is 10.6. The third-order valence-corrected chi connectivity index (χ3v) is 1.27. The molecule has 0 radical (unpaired) electrons. The van der Waals surface area contributed by atoms with Gasteiger partial charge in [-0.3, -0.25) is 10.1 Å². The van der Waals surface area contributed by atoms with Gasteiger partial charge < -0.3 is 5.11 Å². The lowest BCUT2D eigenvalue weighted by Crippen LogP contribution is -2.22. The lowest BCUT2D eigenvalue weighted by Gasteiger charge is -1.98. The summed E-state index contributed by atoms with van der Waals surface area (Å²) in [5.74, 6) is -2.72. The Morgan fingerprint density at radius 2 is 2.08 bits per heavy atom. The summed E-state index contributed by atoms with van der Waals surface area (Å²) >= 11 is 5.41. The first-order valence-electron chi connectivity index (χ1n) is 3.13. The van der Waals surface area contributed by atoms with Crippen molar-refractivity contribution in [2.24, 2.45) is 0 Å². The Kier molecular flexibility index (Phi) is 2.76. The number of rotatable bonds is 1. The number of carboxylic acid groups (broad SMARTS) is 1. The molecule has 7 heteroatoms. The Morgan fingerprint density at radius 3 is 2.54 bits per heavy atom. The number of carbonyl (C=O) groups excluding carboxylic acids is 1. The Balaban J connectivity index is 2.70. The van der Waals surface area contributed by atoms with Gasteiger partial charge in [0.05, 0.1) is 0 Å². The summed E-state index contributed by atoms with van der Waals surface area (Å²) in [5, 5.41) is 17.2. The summed E-state index contributed by atoms with van der Waals surface area (Å²) in [6, 6.07) is 2.72. The number of amides is 1. The van der Waals surface area contributed by atoms with E-state index in [4.69, 9.17) is 16.7 Å². The number of halogens is 1. The Bertz CT molecular complexity index is 337. The molecular weight excluding hydrogens is 198 g/mol. The number of hydrogen-bond acceptors (Lipinski definition) is 4. The van der Waals surface area contributed by atoms with Crippen LogP contribution in [-0.2, 0) is 9.59 Å². The van der Waals surface area contributed by atoms with Crippen molar-refractivity contribution in [3.05, 3.63) is 17.3 Å². The van der Waals surface area contributed by atoms with Gasteiger partial charge in [-0.1, -0.05) is 11.6 Å². The van der Waals surface area contributed by atoms with Crippen LogP contribution in [0.2, 0.25) is 5.15 Å². The highest BCUT2D eigenvalue weighted by Crippen LogP contribution is 2.05. The second kappa shape index (κ2) is 3.81. The van der Waals surface area contributed by atoms with E-state index in [1.807, 2.05) is 5.32 Å². The first-order valence-corrected chi connectivity index (χ1v) is 3.51. The molecule has 0 saturated carbocycles. The first kappa shape index (κ1) is 9.40. The molecule has 13 heavy (non-hydrogen) atoms. The van der Waals surface area contributed by atoms with E-state index in [0.717, 1.165) is 0 Å². The number of carbonyl (C=O) groups is 2. The molecule has 0 atom stereocenters. The normalized spacial score (nSPS) is 9.31. The number of nitrogens with zero attached hydrogens (tertiary/aromatic N) is 2. The molecule has 1 aromatic heterocycles. The van der Waals surface area contributed by atoms with Crippen molar-refractivity contribution in [2.45, 2.75) is 0 Å². The zero-order chi connectivity index (χ0) is 9.84. The third kappa shape index (κ3) is 2.68. The molecule has 0 saturated heterocycles. The summed E-state index contributed by atoms with van der Waals surface area (Å²) < 4.78 is 0. The number of hydrogen-bond donors (Lipinski definition) is 2. The van der Waals surface area contributed by atoms with Gasteiger partial charge in [-0.2, -0.15) is 0 Å². The van der Waals surface area contributed by atoms with Crippen LogP contribution in [0.5, 0.6) is 0 Å². The van der Waals surface area contributed by atoms with Gasteiger partial charge in [0, 0.05) is 0 Å². The smallest absolute Gasteiger partial charge is 0.394 e. The van der Waals surface area contributed by atoms with Crippen molar-refractivity contribution in [1.82, 2.24) is 10.2 Å². The van der Waals surface area contributed by atoms with E-state index in [0.29, 0.717) is 0 Å².